The fraction of sp³-hybridized carbons (Fsp3) is 0.909. The maximum Gasteiger partial charge on any atom is 0.406 e. The van der Waals surface area contributed by atoms with Gasteiger partial charge in [0.15, 0.2) is 0 Å². The molecule has 2 aliphatic rings. The van der Waals surface area contributed by atoms with Gasteiger partial charge in [0.05, 0.1) is 6.04 Å². The van der Waals surface area contributed by atoms with E-state index in [0.29, 0.717) is 6.42 Å². The fourth-order valence-electron chi connectivity index (χ4n) is 2.72. The third-order valence-electron chi connectivity index (χ3n) is 3.59. The number of hydrogen-bond donors (Lipinski definition) is 1. The predicted molar refractivity (Wildman–Crippen MR) is 60.1 cm³/mol. The number of likely N-dealkylation sites (tertiary alicyclic amines) is 1. The predicted octanol–water partition coefficient (Wildman–Crippen LogP) is 0.443. The average Bonchev–Trinajstić information content (AvgIpc) is 2.59. The van der Waals surface area contributed by atoms with Crippen LogP contribution in [0.3, 0.4) is 0 Å². The highest BCUT2D eigenvalue weighted by atomic mass is 19.4. The molecule has 0 aromatic carbocycles. The number of alkyl halides is 3. The quantitative estimate of drug-likeness (QED) is 0.787. The van der Waals surface area contributed by atoms with E-state index in [-0.39, 0.29) is 24.5 Å². The van der Waals surface area contributed by atoms with Crippen molar-refractivity contribution in [2.45, 2.75) is 31.6 Å². The van der Waals surface area contributed by atoms with Crippen LogP contribution in [0.5, 0.6) is 0 Å². The molecule has 2 atom stereocenters. The van der Waals surface area contributed by atoms with Crippen LogP contribution in [0.4, 0.5) is 13.2 Å². The van der Waals surface area contributed by atoms with E-state index in [4.69, 9.17) is 0 Å². The molecule has 1 N–H and O–H groups in total. The molecule has 0 saturated carbocycles. The summed E-state index contributed by atoms with van der Waals surface area (Å²) in [6.07, 6.45) is -3.81. The van der Waals surface area contributed by atoms with Gasteiger partial charge in [0, 0.05) is 32.2 Å². The number of nitrogens with one attached hydrogen (secondary N) is 1. The van der Waals surface area contributed by atoms with E-state index in [1.54, 1.807) is 0 Å². The first kappa shape index (κ1) is 13.6. The van der Waals surface area contributed by atoms with Crippen LogP contribution in [0.1, 0.15) is 13.3 Å². The molecule has 2 rings (SSSR count). The molecule has 1 amide bonds. The second-order valence-electron chi connectivity index (χ2n) is 4.97. The van der Waals surface area contributed by atoms with Gasteiger partial charge in [0.1, 0.15) is 6.54 Å². The van der Waals surface area contributed by atoms with Crippen molar-refractivity contribution >= 4 is 5.91 Å². The molecule has 7 heteroatoms. The molecule has 2 fully saturated rings. The first-order valence-electron chi connectivity index (χ1n) is 6.20. The summed E-state index contributed by atoms with van der Waals surface area (Å²) >= 11 is 0. The third kappa shape index (κ3) is 2.95. The van der Waals surface area contributed by atoms with Crippen LogP contribution in [-0.2, 0) is 4.79 Å². The Morgan fingerprint density at radius 1 is 1.39 bits per heavy atom. The Kier molecular flexibility index (Phi) is 3.82. The lowest BCUT2D eigenvalue weighted by molar-refractivity contribution is -0.159. The number of piperazine rings is 1. The molecular weight excluding hydrogens is 247 g/mol. The zero-order valence-electron chi connectivity index (χ0n) is 10.3. The van der Waals surface area contributed by atoms with E-state index >= 15 is 0 Å². The van der Waals surface area contributed by atoms with Gasteiger partial charge < -0.3 is 10.2 Å². The van der Waals surface area contributed by atoms with Gasteiger partial charge in [-0.15, -0.1) is 0 Å². The van der Waals surface area contributed by atoms with Gasteiger partial charge in [-0.05, 0) is 13.3 Å². The van der Waals surface area contributed by atoms with Crippen LogP contribution in [-0.4, -0.2) is 66.7 Å². The Hall–Kier alpha value is -0.820. The molecule has 0 aliphatic carbocycles. The molecular formula is C11H18F3N3O. The normalized spacial score (nSPS) is 31.1. The number of amides is 1. The summed E-state index contributed by atoms with van der Waals surface area (Å²) in [5.41, 5.74) is 0. The average molecular weight is 265 g/mol. The fourth-order valence-corrected chi connectivity index (χ4v) is 2.72. The largest absolute Gasteiger partial charge is 0.406 e. The number of nitrogens with zero attached hydrogens (tertiary/aromatic N) is 2. The summed E-state index contributed by atoms with van der Waals surface area (Å²) in [5.74, 6) is -0.374. The molecule has 0 bridgehead atoms. The molecule has 4 nitrogen and oxygen atoms in total. The maximum atomic E-state index is 12.3. The van der Waals surface area contributed by atoms with Gasteiger partial charge in [0.2, 0.25) is 5.91 Å². The first-order chi connectivity index (χ1) is 8.38. The number of carbonyl (C=O) groups excluding carboxylic acids is 1. The van der Waals surface area contributed by atoms with Crippen molar-refractivity contribution in [3.63, 3.8) is 0 Å². The highest BCUT2D eigenvalue weighted by Crippen LogP contribution is 2.24. The molecule has 0 spiro atoms. The first-order valence-corrected chi connectivity index (χ1v) is 6.20. The van der Waals surface area contributed by atoms with Crippen molar-refractivity contribution in [1.82, 2.24) is 15.1 Å². The zero-order valence-corrected chi connectivity index (χ0v) is 10.3. The van der Waals surface area contributed by atoms with E-state index in [0.717, 1.165) is 24.5 Å². The van der Waals surface area contributed by atoms with Crippen LogP contribution in [0.25, 0.3) is 0 Å². The molecule has 0 aromatic heterocycles. The minimum Gasteiger partial charge on any atom is -0.332 e. The van der Waals surface area contributed by atoms with E-state index < -0.39 is 12.7 Å². The Labute approximate surface area is 104 Å². The zero-order chi connectivity index (χ0) is 13.3. The molecule has 2 heterocycles. The van der Waals surface area contributed by atoms with Crippen molar-refractivity contribution in [1.29, 1.82) is 0 Å². The Balaban J connectivity index is 1.98. The smallest absolute Gasteiger partial charge is 0.332 e. The minimum atomic E-state index is -4.31. The van der Waals surface area contributed by atoms with Crippen LogP contribution in [0.2, 0.25) is 0 Å². The maximum absolute atomic E-state index is 12.3. The topological polar surface area (TPSA) is 35.6 Å². The van der Waals surface area contributed by atoms with Crippen molar-refractivity contribution in [2.75, 3.05) is 32.7 Å². The summed E-state index contributed by atoms with van der Waals surface area (Å²) in [4.78, 5) is 14.9. The monoisotopic (exact) mass is 265 g/mol. The van der Waals surface area contributed by atoms with Gasteiger partial charge >= 0.3 is 6.18 Å². The van der Waals surface area contributed by atoms with E-state index in [9.17, 15) is 18.0 Å². The molecule has 0 radical (unpaired) electrons. The number of rotatable bonds is 2. The highest BCUT2D eigenvalue weighted by molar-refractivity contribution is 5.84. The summed E-state index contributed by atoms with van der Waals surface area (Å²) in [6.45, 7) is 3.36. The van der Waals surface area contributed by atoms with Crippen molar-refractivity contribution < 1.29 is 18.0 Å². The molecule has 2 aliphatic heterocycles. The van der Waals surface area contributed by atoms with Gasteiger partial charge in [-0.1, -0.05) is 0 Å². The lowest BCUT2D eigenvalue weighted by Gasteiger charge is -2.37. The number of carbonyl (C=O) groups is 1. The van der Waals surface area contributed by atoms with Crippen LogP contribution >= 0.6 is 0 Å². The minimum absolute atomic E-state index is 0.193. The molecule has 0 aromatic rings. The summed E-state index contributed by atoms with van der Waals surface area (Å²) in [5, 5.41) is 3.21. The highest BCUT2D eigenvalue weighted by Gasteiger charge is 2.42. The van der Waals surface area contributed by atoms with Gasteiger partial charge in [0.25, 0.3) is 0 Å². The van der Waals surface area contributed by atoms with E-state index in [1.165, 1.54) is 0 Å². The third-order valence-corrected chi connectivity index (χ3v) is 3.59. The van der Waals surface area contributed by atoms with Crippen LogP contribution in [0, 0.1) is 0 Å². The second-order valence-corrected chi connectivity index (χ2v) is 4.97. The van der Waals surface area contributed by atoms with Crippen LogP contribution < -0.4 is 5.32 Å². The number of halogens is 3. The molecule has 104 valence electrons. The van der Waals surface area contributed by atoms with Gasteiger partial charge in [-0.2, -0.15) is 13.2 Å². The summed E-state index contributed by atoms with van der Waals surface area (Å²) in [6, 6.07) is -0.178. The summed E-state index contributed by atoms with van der Waals surface area (Å²) < 4.78 is 36.9. The molecule has 18 heavy (non-hydrogen) atoms. The van der Waals surface area contributed by atoms with E-state index in [2.05, 4.69) is 5.32 Å². The van der Waals surface area contributed by atoms with Gasteiger partial charge in [-0.25, -0.2) is 0 Å². The van der Waals surface area contributed by atoms with Crippen molar-refractivity contribution in [3.05, 3.63) is 0 Å². The Morgan fingerprint density at radius 2 is 2.11 bits per heavy atom. The Bertz CT molecular complexity index is 321. The van der Waals surface area contributed by atoms with E-state index in [1.807, 2.05) is 11.8 Å². The molecule has 1 unspecified atom stereocenters. The van der Waals surface area contributed by atoms with Crippen molar-refractivity contribution in [2.24, 2.45) is 0 Å². The van der Waals surface area contributed by atoms with Crippen molar-refractivity contribution in [3.8, 4) is 0 Å². The second kappa shape index (κ2) is 5.05. The molecule has 2 saturated heterocycles. The summed E-state index contributed by atoms with van der Waals surface area (Å²) in [7, 11) is 0. The lowest BCUT2D eigenvalue weighted by Crippen LogP contribution is -2.56. The Morgan fingerprint density at radius 3 is 2.72 bits per heavy atom. The van der Waals surface area contributed by atoms with Crippen LogP contribution in [0.15, 0.2) is 0 Å². The number of hydrogen-bond acceptors (Lipinski definition) is 3. The SMILES string of the molecule is C[C@@H]1CNCCN1C1CCN(CC(F)(F)F)C1=O. The van der Waals surface area contributed by atoms with Gasteiger partial charge in [-0.3, -0.25) is 9.69 Å². The lowest BCUT2D eigenvalue weighted by atomic mass is 10.1. The standard InChI is InChI=1S/C11H18F3N3O/c1-8-6-15-3-5-17(8)9-2-4-16(10(9)18)7-11(12,13)14/h8-9,15H,2-7H2,1H3/t8-,9?/m1/s1.